The fourth-order valence-corrected chi connectivity index (χ4v) is 0.260. The third-order valence-corrected chi connectivity index (χ3v) is 0.761. The first-order valence-electron chi connectivity index (χ1n) is 2.18. The van der Waals surface area contributed by atoms with E-state index >= 15 is 0 Å². The van der Waals surface area contributed by atoms with Crippen LogP contribution in [0.4, 0.5) is 0 Å². The van der Waals surface area contributed by atoms with Gasteiger partial charge in [0, 0.05) is 11.9 Å². The molecule has 0 N–H and O–H groups in total. The van der Waals surface area contributed by atoms with E-state index in [1.165, 1.54) is 0 Å². The van der Waals surface area contributed by atoms with E-state index < -0.39 is 6.85 Å². The van der Waals surface area contributed by atoms with Gasteiger partial charge in [-0.1, -0.05) is 0 Å². The van der Waals surface area contributed by atoms with Gasteiger partial charge in [0.1, 0.15) is 0 Å². The van der Waals surface area contributed by atoms with Crippen LogP contribution in [0.5, 0.6) is 0 Å². The summed E-state index contributed by atoms with van der Waals surface area (Å²) in [6, 6.07) is 0. The second-order valence-corrected chi connectivity index (χ2v) is 1.62. The smallest absolute Gasteiger partial charge is 0.322 e. The molecule has 0 saturated heterocycles. The number of rotatable bonds is 1. The molecule has 0 rings (SSSR count). The van der Waals surface area contributed by atoms with E-state index in [0.717, 1.165) is 0 Å². The molecular formula is C4H6BN3. The van der Waals surface area contributed by atoms with E-state index in [9.17, 15) is 0 Å². The highest BCUT2D eigenvalue weighted by Gasteiger charge is 2.14. The summed E-state index contributed by atoms with van der Waals surface area (Å²) in [5.41, 5.74) is 0. The van der Waals surface area contributed by atoms with Gasteiger partial charge in [0.2, 0.25) is 0 Å². The monoisotopic (exact) mass is 107 g/mol. The average Bonchev–Trinajstić information content (AvgIpc) is 1.69. The Morgan fingerprint density at radius 3 is 1.62 bits per heavy atom. The van der Waals surface area contributed by atoms with Crippen LogP contribution in [-0.2, 0) is 0 Å². The molecule has 0 unspecified atom stereocenters. The second-order valence-electron chi connectivity index (χ2n) is 1.62. The molecule has 0 atom stereocenters. The van der Waals surface area contributed by atoms with Crippen molar-refractivity contribution >= 4 is 6.85 Å². The van der Waals surface area contributed by atoms with Gasteiger partial charge in [-0.2, -0.15) is 0 Å². The van der Waals surface area contributed by atoms with Gasteiger partial charge >= 0.3 is 6.85 Å². The molecule has 8 heavy (non-hydrogen) atoms. The van der Waals surface area contributed by atoms with Crippen LogP contribution in [-0.4, -0.2) is 25.8 Å². The Morgan fingerprint density at radius 1 is 1.25 bits per heavy atom. The summed E-state index contributed by atoms with van der Waals surface area (Å²) in [6.45, 7) is -0.602. The van der Waals surface area contributed by atoms with Gasteiger partial charge < -0.3 is 4.81 Å². The average molecular weight is 107 g/mol. The first-order valence-corrected chi connectivity index (χ1v) is 2.18. The molecule has 0 aliphatic heterocycles. The van der Waals surface area contributed by atoms with Crippen molar-refractivity contribution in [2.24, 2.45) is 0 Å². The first-order chi connectivity index (χ1) is 3.72. The molecule has 0 spiro atoms. The number of hydrogen-bond donors (Lipinski definition) is 0. The minimum absolute atomic E-state index is 0.602. The fraction of sp³-hybridized carbons (Fsp3) is 0.500. The lowest BCUT2D eigenvalue weighted by atomic mass is 9.65. The Balaban J connectivity index is 3.81. The first kappa shape index (κ1) is 7.00. The molecule has 0 aromatic rings. The third kappa shape index (κ3) is 1.64. The van der Waals surface area contributed by atoms with Crippen molar-refractivity contribution in [2.75, 3.05) is 14.1 Å². The molecule has 0 aliphatic carbocycles. The highest BCUT2D eigenvalue weighted by Crippen LogP contribution is 1.79. The molecule has 0 heterocycles. The lowest BCUT2D eigenvalue weighted by molar-refractivity contribution is 0.658. The molecule has 0 aromatic heterocycles. The van der Waals surface area contributed by atoms with Crippen LogP contribution in [0.1, 0.15) is 0 Å². The summed E-state index contributed by atoms with van der Waals surface area (Å²) in [4.78, 5) is 1.56. The molecule has 0 radical (unpaired) electrons. The lowest BCUT2D eigenvalue weighted by Crippen LogP contribution is -2.29. The predicted molar refractivity (Wildman–Crippen MR) is 30.7 cm³/mol. The highest BCUT2D eigenvalue weighted by atomic mass is 15.0. The Hall–Kier alpha value is -0.995. The number of nitriles is 2. The van der Waals surface area contributed by atoms with E-state index in [-0.39, 0.29) is 0 Å². The van der Waals surface area contributed by atoms with Crippen LogP contribution in [0.2, 0.25) is 0 Å². The van der Waals surface area contributed by atoms with Gasteiger partial charge in [-0.3, -0.25) is 0 Å². The number of nitrogens with zero attached hydrogens (tertiary/aromatic N) is 3. The maximum absolute atomic E-state index is 8.18. The Morgan fingerprint density at radius 2 is 1.62 bits per heavy atom. The van der Waals surface area contributed by atoms with Crippen LogP contribution in [0.3, 0.4) is 0 Å². The van der Waals surface area contributed by atoms with E-state index in [1.54, 1.807) is 18.9 Å². The van der Waals surface area contributed by atoms with Crippen molar-refractivity contribution in [3.63, 3.8) is 0 Å². The third-order valence-electron chi connectivity index (χ3n) is 0.761. The van der Waals surface area contributed by atoms with E-state index in [4.69, 9.17) is 10.5 Å². The van der Waals surface area contributed by atoms with Crippen molar-refractivity contribution in [1.29, 1.82) is 10.5 Å². The van der Waals surface area contributed by atoms with E-state index in [1.807, 2.05) is 11.9 Å². The molecule has 0 amide bonds. The SMILES string of the molecule is CN(C)B(C#N)C#N. The molecule has 0 aliphatic rings. The predicted octanol–water partition coefficient (Wildman–Crippen LogP) is -0.335. The summed E-state index contributed by atoms with van der Waals surface area (Å²) < 4.78 is 0. The largest absolute Gasteiger partial charge is 0.463 e. The summed E-state index contributed by atoms with van der Waals surface area (Å²) in [5.74, 6) is 3.63. The van der Waals surface area contributed by atoms with Crippen LogP contribution >= 0.6 is 0 Å². The van der Waals surface area contributed by atoms with Crippen molar-refractivity contribution in [3.05, 3.63) is 0 Å². The topological polar surface area (TPSA) is 50.8 Å². The Bertz CT molecular complexity index is 126. The lowest BCUT2D eigenvalue weighted by Gasteiger charge is -2.02. The highest BCUT2D eigenvalue weighted by molar-refractivity contribution is 6.71. The van der Waals surface area contributed by atoms with Gasteiger partial charge in [-0.25, -0.2) is 10.5 Å². The minimum Gasteiger partial charge on any atom is -0.322 e. The van der Waals surface area contributed by atoms with Gasteiger partial charge in [-0.15, -0.1) is 0 Å². The minimum atomic E-state index is -0.602. The van der Waals surface area contributed by atoms with Crippen molar-refractivity contribution in [1.82, 2.24) is 4.81 Å². The Labute approximate surface area is 49.2 Å². The number of hydrogen-bond acceptors (Lipinski definition) is 3. The normalized spacial score (nSPS) is 7.62. The quantitative estimate of drug-likeness (QED) is 0.431. The molecule has 3 nitrogen and oxygen atoms in total. The molecule has 4 heteroatoms. The Kier molecular flexibility index (Phi) is 2.68. The second kappa shape index (κ2) is 3.07. The summed E-state index contributed by atoms with van der Waals surface area (Å²) in [7, 11) is 3.38. The van der Waals surface area contributed by atoms with Crippen molar-refractivity contribution in [2.45, 2.75) is 0 Å². The zero-order valence-corrected chi connectivity index (χ0v) is 4.92. The van der Waals surface area contributed by atoms with E-state index in [2.05, 4.69) is 0 Å². The molecule has 0 fully saturated rings. The zero-order valence-electron chi connectivity index (χ0n) is 4.92. The summed E-state index contributed by atoms with van der Waals surface area (Å²) in [5, 5.41) is 16.4. The summed E-state index contributed by atoms with van der Waals surface area (Å²) >= 11 is 0. The van der Waals surface area contributed by atoms with Gasteiger partial charge in [0.25, 0.3) is 0 Å². The molecule has 0 bridgehead atoms. The van der Waals surface area contributed by atoms with Crippen LogP contribution in [0, 0.1) is 22.5 Å². The zero-order chi connectivity index (χ0) is 6.57. The maximum atomic E-state index is 8.18. The van der Waals surface area contributed by atoms with Crippen LogP contribution in [0.25, 0.3) is 0 Å². The molecule has 0 saturated carbocycles. The van der Waals surface area contributed by atoms with Gasteiger partial charge in [0.15, 0.2) is 0 Å². The maximum Gasteiger partial charge on any atom is 0.463 e. The van der Waals surface area contributed by atoms with Crippen LogP contribution in [0.15, 0.2) is 0 Å². The fourth-order valence-electron chi connectivity index (χ4n) is 0.260. The van der Waals surface area contributed by atoms with Crippen molar-refractivity contribution in [3.8, 4) is 11.9 Å². The van der Waals surface area contributed by atoms with E-state index in [0.29, 0.717) is 0 Å². The molecule has 40 valence electrons. The van der Waals surface area contributed by atoms with Gasteiger partial charge in [-0.05, 0) is 14.1 Å². The summed E-state index contributed by atoms with van der Waals surface area (Å²) in [6.07, 6.45) is 0. The standard InChI is InChI=1S/C4H6BN3/c1-8(2)5(3-6)4-7/h1-2H3. The van der Waals surface area contributed by atoms with Gasteiger partial charge in [0.05, 0.1) is 0 Å². The van der Waals surface area contributed by atoms with Crippen molar-refractivity contribution < 1.29 is 0 Å². The molecule has 0 aromatic carbocycles. The van der Waals surface area contributed by atoms with Crippen LogP contribution < -0.4 is 0 Å². The molecular weight excluding hydrogens is 101 g/mol.